The van der Waals surface area contributed by atoms with Gasteiger partial charge in [-0.2, -0.15) is 0 Å². The molecule has 6 heteroatoms. The zero-order chi connectivity index (χ0) is 12.3. The van der Waals surface area contributed by atoms with E-state index in [1.54, 1.807) is 13.0 Å². The first-order valence-electron chi connectivity index (χ1n) is 4.99. The van der Waals surface area contributed by atoms with Crippen LogP contribution in [0.15, 0.2) is 29.0 Å². The highest BCUT2D eigenvalue weighted by Crippen LogP contribution is 2.08. The molecule has 0 radical (unpaired) electrons. The number of aromatic nitrogens is 2. The number of nitrogens with one attached hydrogen (secondary N) is 1. The van der Waals surface area contributed by atoms with Gasteiger partial charge in [0.25, 0.3) is 5.91 Å². The zero-order valence-electron chi connectivity index (χ0n) is 9.17. The molecule has 0 aliphatic carbocycles. The third-order valence-electron chi connectivity index (χ3n) is 2.09. The molecule has 6 nitrogen and oxygen atoms in total. The summed E-state index contributed by atoms with van der Waals surface area (Å²) in [6, 6.07) is 3.08. The van der Waals surface area contributed by atoms with Crippen LogP contribution < -0.4 is 5.32 Å². The Morgan fingerprint density at radius 2 is 2.29 bits per heavy atom. The van der Waals surface area contributed by atoms with Crippen molar-refractivity contribution < 1.29 is 14.4 Å². The minimum absolute atomic E-state index is 0.0480. The van der Waals surface area contributed by atoms with Crippen LogP contribution in [0.1, 0.15) is 21.8 Å². The van der Waals surface area contributed by atoms with Crippen molar-refractivity contribution in [1.82, 2.24) is 15.5 Å². The van der Waals surface area contributed by atoms with E-state index in [4.69, 9.17) is 4.52 Å². The fourth-order valence-electron chi connectivity index (χ4n) is 1.32. The highest BCUT2D eigenvalue weighted by molar-refractivity contribution is 5.94. The molecule has 1 amide bonds. The maximum atomic E-state index is 11.7. The summed E-state index contributed by atoms with van der Waals surface area (Å²) in [4.78, 5) is 15.4. The monoisotopic (exact) mass is 233 g/mol. The summed E-state index contributed by atoms with van der Waals surface area (Å²) < 4.78 is 4.94. The fraction of sp³-hybridized carbons (Fsp3) is 0.182. The third kappa shape index (κ3) is 2.81. The van der Waals surface area contributed by atoms with Crippen LogP contribution in [0.3, 0.4) is 0 Å². The highest BCUT2D eigenvalue weighted by Gasteiger charge is 2.08. The summed E-state index contributed by atoms with van der Waals surface area (Å²) in [5, 5.41) is 15.5. The largest absolute Gasteiger partial charge is 0.506 e. The molecule has 17 heavy (non-hydrogen) atoms. The SMILES string of the molecule is Cc1cc(CNC(=O)c2cncc(O)c2)on1. The van der Waals surface area contributed by atoms with Crippen LogP contribution in [-0.2, 0) is 6.54 Å². The Labute approximate surface area is 97.3 Å². The topological polar surface area (TPSA) is 88.2 Å². The number of carbonyl (C=O) groups is 1. The van der Waals surface area contributed by atoms with Crippen molar-refractivity contribution in [3.8, 4) is 5.75 Å². The van der Waals surface area contributed by atoms with E-state index in [2.05, 4.69) is 15.5 Å². The number of aromatic hydroxyl groups is 1. The number of hydrogen-bond donors (Lipinski definition) is 2. The molecular weight excluding hydrogens is 222 g/mol. The van der Waals surface area contributed by atoms with Crippen molar-refractivity contribution in [2.75, 3.05) is 0 Å². The van der Waals surface area contributed by atoms with Gasteiger partial charge in [-0.1, -0.05) is 5.16 Å². The number of nitrogens with zero attached hydrogens (tertiary/aromatic N) is 2. The van der Waals surface area contributed by atoms with Crippen LogP contribution in [0.25, 0.3) is 0 Å². The average Bonchev–Trinajstić information content (AvgIpc) is 2.72. The molecule has 0 fully saturated rings. The van der Waals surface area contributed by atoms with Crippen molar-refractivity contribution in [2.45, 2.75) is 13.5 Å². The Bertz CT molecular complexity index is 536. The van der Waals surface area contributed by atoms with Crippen LogP contribution in [0.4, 0.5) is 0 Å². The van der Waals surface area contributed by atoms with Crippen LogP contribution >= 0.6 is 0 Å². The minimum Gasteiger partial charge on any atom is -0.506 e. The molecule has 0 saturated heterocycles. The van der Waals surface area contributed by atoms with Gasteiger partial charge < -0.3 is 14.9 Å². The summed E-state index contributed by atoms with van der Waals surface area (Å²) in [6.07, 6.45) is 2.64. The van der Waals surface area contributed by atoms with Gasteiger partial charge in [-0.3, -0.25) is 9.78 Å². The predicted octanol–water partition coefficient (Wildman–Crippen LogP) is 1.01. The first-order chi connectivity index (χ1) is 8.15. The molecule has 0 aliphatic heterocycles. The third-order valence-corrected chi connectivity index (χ3v) is 2.09. The first kappa shape index (κ1) is 11.1. The van der Waals surface area contributed by atoms with Crippen molar-refractivity contribution >= 4 is 5.91 Å². The Morgan fingerprint density at radius 3 is 2.94 bits per heavy atom. The highest BCUT2D eigenvalue weighted by atomic mass is 16.5. The second kappa shape index (κ2) is 4.65. The Hall–Kier alpha value is -2.37. The van der Waals surface area contributed by atoms with Gasteiger partial charge in [-0.15, -0.1) is 0 Å². The van der Waals surface area contributed by atoms with E-state index < -0.39 is 0 Å². The summed E-state index contributed by atoms with van der Waals surface area (Å²) >= 11 is 0. The molecule has 2 rings (SSSR count). The number of aryl methyl sites for hydroxylation is 1. The van der Waals surface area contributed by atoms with Crippen molar-refractivity contribution in [1.29, 1.82) is 0 Å². The van der Waals surface area contributed by atoms with Gasteiger partial charge in [-0.05, 0) is 13.0 Å². The average molecular weight is 233 g/mol. The summed E-state index contributed by atoms with van der Waals surface area (Å²) in [5.41, 5.74) is 1.05. The lowest BCUT2D eigenvalue weighted by Crippen LogP contribution is -2.22. The van der Waals surface area contributed by atoms with Gasteiger partial charge in [0, 0.05) is 12.3 Å². The number of carbonyl (C=O) groups excluding carboxylic acids is 1. The summed E-state index contributed by atoms with van der Waals surface area (Å²) in [6.45, 7) is 2.04. The first-order valence-corrected chi connectivity index (χ1v) is 4.99. The molecule has 2 aromatic heterocycles. The quantitative estimate of drug-likeness (QED) is 0.826. The number of hydrogen-bond acceptors (Lipinski definition) is 5. The maximum absolute atomic E-state index is 11.7. The van der Waals surface area contributed by atoms with Crippen LogP contribution in [-0.4, -0.2) is 21.2 Å². The van der Waals surface area contributed by atoms with Crippen molar-refractivity contribution in [2.24, 2.45) is 0 Å². The van der Waals surface area contributed by atoms with E-state index in [1.807, 2.05) is 0 Å². The fourth-order valence-corrected chi connectivity index (χ4v) is 1.32. The Kier molecular flexibility index (Phi) is 3.04. The standard InChI is InChI=1S/C11H11N3O3/c1-7-2-10(17-14-7)6-13-11(16)8-3-9(15)5-12-4-8/h2-5,15H,6H2,1H3,(H,13,16). The van der Waals surface area contributed by atoms with Gasteiger partial charge in [0.15, 0.2) is 5.76 Å². The van der Waals surface area contributed by atoms with E-state index >= 15 is 0 Å². The molecular formula is C11H11N3O3. The van der Waals surface area contributed by atoms with Crippen LogP contribution in [0.2, 0.25) is 0 Å². The molecule has 0 saturated carbocycles. The zero-order valence-corrected chi connectivity index (χ0v) is 9.17. The van der Waals surface area contributed by atoms with Gasteiger partial charge in [0.2, 0.25) is 0 Å². The van der Waals surface area contributed by atoms with Crippen LogP contribution in [0, 0.1) is 6.92 Å². The lowest BCUT2D eigenvalue weighted by Gasteiger charge is -2.02. The van der Waals surface area contributed by atoms with E-state index in [1.165, 1.54) is 18.5 Å². The lowest BCUT2D eigenvalue weighted by molar-refractivity contribution is 0.0946. The van der Waals surface area contributed by atoms with E-state index in [9.17, 15) is 9.90 Å². The lowest BCUT2D eigenvalue weighted by atomic mass is 10.2. The number of rotatable bonds is 3. The van der Waals surface area contributed by atoms with E-state index in [0.717, 1.165) is 5.69 Å². The molecule has 0 aromatic carbocycles. The normalized spacial score (nSPS) is 10.2. The Morgan fingerprint density at radius 1 is 1.47 bits per heavy atom. The molecule has 0 spiro atoms. The molecule has 0 bridgehead atoms. The molecule has 0 unspecified atom stereocenters. The molecule has 2 aromatic rings. The van der Waals surface area contributed by atoms with Crippen molar-refractivity contribution in [3.63, 3.8) is 0 Å². The molecule has 0 atom stereocenters. The van der Waals surface area contributed by atoms with Crippen LogP contribution in [0.5, 0.6) is 5.75 Å². The summed E-state index contributed by atoms with van der Waals surface area (Å²) in [5.74, 6) is 0.194. The van der Waals surface area contributed by atoms with E-state index in [0.29, 0.717) is 11.3 Å². The predicted molar refractivity (Wildman–Crippen MR) is 58.3 cm³/mol. The molecule has 0 aliphatic rings. The second-order valence-electron chi connectivity index (χ2n) is 3.55. The maximum Gasteiger partial charge on any atom is 0.253 e. The van der Waals surface area contributed by atoms with Gasteiger partial charge in [0.1, 0.15) is 5.75 Å². The summed E-state index contributed by atoms with van der Waals surface area (Å²) in [7, 11) is 0. The Balaban J connectivity index is 1.98. The van der Waals surface area contributed by atoms with Gasteiger partial charge in [0.05, 0.1) is 24.0 Å². The van der Waals surface area contributed by atoms with Gasteiger partial charge >= 0.3 is 0 Å². The minimum atomic E-state index is -0.331. The van der Waals surface area contributed by atoms with E-state index in [-0.39, 0.29) is 18.2 Å². The number of amides is 1. The smallest absolute Gasteiger partial charge is 0.253 e. The molecule has 2 N–H and O–H groups in total. The van der Waals surface area contributed by atoms with Gasteiger partial charge in [-0.25, -0.2) is 0 Å². The van der Waals surface area contributed by atoms with Crippen molar-refractivity contribution in [3.05, 3.63) is 41.5 Å². The second-order valence-corrected chi connectivity index (χ2v) is 3.55. The number of pyridine rings is 1. The molecule has 88 valence electrons. The molecule has 2 heterocycles.